The van der Waals surface area contributed by atoms with Crippen LogP contribution in [0.1, 0.15) is 48.6 Å². The Morgan fingerprint density at radius 2 is 1.97 bits per heavy atom. The zero-order valence-corrected chi connectivity index (χ0v) is 17.1. The number of halogens is 2. The zero-order valence-electron chi connectivity index (χ0n) is 15.5. The van der Waals surface area contributed by atoms with Gasteiger partial charge in [-0.25, -0.2) is 13.4 Å². The summed E-state index contributed by atoms with van der Waals surface area (Å²) in [7, 11) is -3.54. The minimum atomic E-state index is -3.54. The van der Waals surface area contributed by atoms with E-state index in [1.807, 2.05) is 24.3 Å². The average molecular weight is 440 g/mol. The molecule has 154 valence electrons. The van der Waals surface area contributed by atoms with Gasteiger partial charge in [-0.3, -0.25) is 4.31 Å². The smallest absolute Gasteiger partial charge is 0.314 e. The molecule has 0 N–H and O–H groups in total. The van der Waals surface area contributed by atoms with Crippen LogP contribution < -0.4 is 4.31 Å². The molecule has 0 radical (unpaired) electrons. The maximum absolute atomic E-state index is 12.7. The van der Waals surface area contributed by atoms with E-state index in [0.29, 0.717) is 21.5 Å². The van der Waals surface area contributed by atoms with Crippen molar-refractivity contribution in [2.24, 2.45) is 0 Å². The Morgan fingerprint density at radius 1 is 1.24 bits per heavy atom. The Balaban J connectivity index is 1.58. The molecule has 0 aliphatic heterocycles. The molecule has 1 aromatic carbocycles. The standard InChI is InChI=1S/C18H18F2N4O3S2/c1-2-29(25,26)24(13-7-5-12(6-8-13)11-3-4-11)10-15-21-9-14(28-15)17-22-23-18(27-17)16(19)20/h5-9,11,16H,2-4,10H2,1H3. The van der Waals surface area contributed by atoms with E-state index in [0.717, 1.165) is 11.3 Å². The number of sulfonamides is 1. The summed E-state index contributed by atoms with van der Waals surface area (Å²) in [5.74, 6) is -0.310. The Bertz CT molecular complexity index is 1090. The summed E-state index contributed by atoms with van der Waals surface area (Å²) >= 11 is 1.12. The first kappa shape index (κ1) is 19.9. The Labute approximate surface area is 170 Å². The Hall–Kier alpha value is -2.40. The predicted molar refractivity (Wildman–Crippen MR) is 104 cm³/mol. The normalized spacial score (nSPS) is 14.5. The largest absolute Gasteiger partial charge is 0.414 e. The summed E-state index contributed by atoms with van der Waals surface area (Å²) in [6.07, 6.45) is 0.894. The van der Waals surface area contributed by atoms with Crippen LogP contribution in [0.25, 0.3) is 10.8 Å². The molecule has 11 heteroatoms. The molecule has 2 aromatic heterocycles. The van der Waals surface area contributed by atoms with Crippen LogP contribution in [-0.4, -0.2) is 29.4 Å². The molecule has 1 aliphatic rings. The molecule has 1 aliphatic carbocycles. The third-order valence-corrected chi connectivity index (χ3v) is 7.31. The molecule has 0 spiro atoms. The SMILES string of the molecule is CCS(=O)(=O)N(Cc1ncc(-c2nnc(C(F)F)o2)s1)c1ccc(C2CC2)cc1. The zero-order chi connectivity index (χ0) is 20.6. The van der Waals surface area contributed by atoms with Gasteiger partial charge in [-0.15, -0.1) is 21.5 Å². The number of alkyl halides is 2. The van der Waals surface area contributed by atoms with Crippen LogP contribution in [0.15, 0.2) is 34.9 Å². The molecule has 1 saturated carbocycles. The van der Waals surface area contributed by atoms with Crippen molar-refractivity contribution in [3.63, 3.8) is 0 Å². The van der Waals surface area contributed by atoms with Crippen LogP contribution in [-0.2, 0) is 16.6 Å². The predicted octanol–water partition coefficient (Wildman–Crippen LogP) is 4.36. The van der Waals surface area contributed by atoms with E-state index in [1.165, 1.54) is 28.9 Å². The van der Waals surface area contributed by atoms with Crippen LogP contribution in [0.2, 0.25) is 0 Å². The van der Waals surface area contributed by atoms with Crippen molar-refractivity contribution < 1.29 is 21.6 Å². The molecule has 0 amide bonds. The van der Waals surface area contributed by atoms with E-state index < -0.39 is 22.3 Å². The van der Waals surface area contributed by atoms with Crippen LogP contribution >= 0.6 is 11.3 Å². The fourth-order valence-electron chi connectivity index (χ4n) is 2.86. The summed E-state index contributed by atoms with van der Waals surface area (Å²) in [4.78, 5) is 4.61. The molecular weight excluding hydrogens is 422 g/mol. The highest BCUT2D eigenvalue weighted by molar-refractivity contribution is 7.92. The van der Waals surface area contributed by atoms with Crippen LogP contribution in [0.3, 0.4) is 0 Å². The molecule has 29 heavy (non-hydrogen) atoms. The number of anilines is 1. The van der Waals surface area contributed by atoms with Gasteiger partial charge in [0.25, 0.3) is 11.8 Å². The molecule has 7 nitrogen and oxygen atoms in total. The lowest BCUT2D eigenvalue weighted by Crippen LogP contribution is -2.31. The molecular formula is C18H18F2N4O3S2. The second-order valence-corrected chi connectivity index (χ2v) is 9.93. The number of rotatable bonds is 8. The molecule has 0 bridgehead atoms. The maximum atomic E-state index is 12.7. The molecule has 1 fully saturated rings. The van der Waals surface area contributed by atoms with Gasteiger partial charge in [0.05, 0.1) is 24.2 Å². The molecule has 0 saturated heterocycles. The lowest BCUT2D eigenvalue weighted by atomic mass is 10.1. The molecule has 0 atom stereocenters. The summed E-state index contributed by atoms with van der Waals surface area (Å²) in [5, 5.41) is 7.38. The fraction of sp³-hybridized carbons (Fsp3) is 0.389. The van der Waals surface area contributed by atoms with E-state index in [9.17, 15) is 17.2 Å². The van der Waals surface area contributed by atoms with Gasteiger partial charge in [0.1, 0.15) is 9.88 Å². The average Bonchev–Trinajstić information content (AvgIpc) is 3.25. The highest BCUT2D eigenvalue weighted by Gasteiger charge is 2.26. The quantitative estimate of drug-likeness (QED) is 0.517. The molecule has 3 aromatic rings. The van der Waals surface area contributed by atoms with Gasteiger partial charge in [-0.1, -0.05) is 12.1 Å². The van der Waals surface area contributed by atoms with E-state index >= 15 is 0 Å². The summed E-state index contributed by atoms with van der Waals surface area (Å²) < 4.78 is 56.8. The Kier molecular flexibility index (Phi) is 5.34. The fourth-order valence-corrected chi connectivity index (χ4v) is 4.85. The topological polar surface area (TPSA) is 89.2 Å². The van der Waals surface area contributed by atoms with Crippen molar-refractivity contribution in [1.82, 2.24) is 15.2 Å². The number of benzene rings is 1. The lowest BCUT2D eigenvalue weighted by molar-refractivity contribution is 0.116. The van der Waals surface area contributed by atoms with Crippen molar-refractivity contribution >= 4 is 27.0 Å². The van der Waals surface area contributed by atoms with Gasteiger partial charge in [-0.2, -0.15) is 8.78 Å². The summed E-state index contributed by atoms with van der Waals surface area (Å²) in [6.45, 7) is 1.61. The van der Waals surface area contributed by atoms with E-state index in [2.05, 4.69) is 15.2 Å². The highest BCUT2D eigenvalue weighted by atomic mass is 32.2. The first-order valence-corrected chi connectivity index (χ1v) is 11.5. The number of hydrogen-bond acceptors (Lipinski definition) is 7. The molecule has 0 unspecified atom stereocenters. The van der Waals surface area contributed by atoms with Crippen molar-refractivity contribution in [3.05, 3.63) is 46.9 Å². The number of aromatic nitrogens is 3. The van der Waals surface area contributed by atoms with E-state index in [1.54, 1.807) is 6.92 Å². The van der Waals surface area contributed by atoms with Gasteiger partial charge in [0.15, 0.2) is 0 Å². The summed E-state index contributed by atoms with van der Waals surface area (Å²) in [6, 6.07) is 7.54. The highest BCUT2D eigenvalue weighted by Crippen LogP contribution is 2.40. The van der Waals surface area contributed by atoms with Crippen molar-refractivity contribution in [1.29, 1.82) is 0 Å². The second kappa shape index (κ2) is 7.79. The van der Waals surface area contributed by atoms with Gasteiger partial charge < -0.3 is 4.42 Å². The maximum Gasteiger partial charge on any atom is 0.314 e. The van der Waals surface area contributed by atoms with Crippen molar-refractivity contribution in [3.8, 4) is 10.8 Å². The van der Waals surface area contributed by atoms with Gasteiger partial charge in [-0.05, 0) is 43.4 Å². The molecule has 2 heterocycles. The van der Waals surface area contributed by atoms with Crippen LogP contribution in [0.4, 0.5) is 14.5 Å². The number of nitrogens with zero attached hydrogens (tertiary/aromatic N) is 4. The van der Waals surface area contributed by atoms with Crippen molar-refractivity contribution in [2.45, 2.75) is 38.7 Å². The van der Waals surface area contributed by atoms with E-state index in [4.69, 9.17) is 4.42 Å². The minimum absolute atomic E-state index is 0.0272. The second-order valence-electron chi connectivity index (χ2n) is 6.64. The van der Waals surface area contributed by atoms with Gasteiger partial charge in [0.2, 0.25) is 10.0 Å². The van der Waals surface area contributed by atoms with Gasteiger partial charge in [0, 0.05) is 0 Å². The van der Waals surface area contributed by atoms with Crippen LogP contribution in [0.5, 0.6) is 0 Å². The third-order valence-electron chi connectivity index (χ3n) is 4.60. The van der Waals surface area contributed by atoms with E-state index in [-0.39, 0.29) is 18.2 Å². The first-order chi connectivity index (χ1) is 13.9. The number of hydrogen-bond donors (Lipinski definition) is 0. The monoisotopic (exact) mass is 440 g/mol. The number of thiazole rings is 1. The molecule has 4 rings (SSSR count). The Morgan fingerprint density at radius 3 is 2.55 bits per heavy atom. The van der Waals surface area contributed by atoms with Crippen molar-refractivity contribution in [2.75, 3.05) is 10.1 Å². The van der Waals surface area contributed by atoms with Gasteiger partial charge >= 0.3 is 6.43 Å². The third kappa shape index (κ3) is 4.30. The van der Waals surface area contributed by atoms with Crippen LogP contribution in [0, 0.1) is 0 Å². The minimum Gasteiger partial charge on any atom is -0.414 e. The lowest BCUT2D eigenvalue weighted by Gasteiger charge is -2.23. The first-order valence-electron chi connectivity index (χ1n) is 9.04. The summed E-state index contributed by atoms with van der Waals surface area (Å²) in [5.41, 5.74) is 1.77.